The minimum Gasteiger partial charge on any atom is -0.385 e. The minimum absolute atomic E-state index is 0.695. The van der Waals surface area contributed by atoms with Crippen molar-refractivity contribution in [2.45, 2.75) is 25.3 Å². The first-order valence-electron chi connectivity index (χ1n) is 7.86. The zero-order valence-corrected chi connectivity index (χ0v) is 13.0. The fourth-order valence-electron chi connectivity index (χ4n) is 3.92. The summed E-state index contributed by atoms with van der Waals surface area (Å²) in [6.07, 6.45) is 1.26. The Balaban J connectivity index is 1.68. The quantitative estimate of drug-likeness (QED) is 0.913. The van der Waals surface area contributed by atoms with E-state index in [1.807, 2.05) is 0 Å². The van der Waals surface area contributed by atoms with E-state index < -0.39 is 0 Å². The van der Waals surface area contributed by atoms with Crippen LogP contribution < -0.4 is 5.32 Å². The van der Waals surface area contributed by atoms with Gasteiger partial charge in [0.05, 0.1) is 0 Å². The van der Waals surface area contributed by atoms with Gasteiger partial charge in [0.25, 0.3) is 0 Å². The van der Waals surface area contributed by atoms with Crippen LogP contribution in [0.2, 0.25) is 0 Å². The molecule has 20 heavy (non-hydrogen) atoms. The molecule has 0 spiro atoms. The van der Waals surface area contributed by atoms with E-state index in [1.54, 1.807) is 0 Å². The molecular formula is C17H27N3. The van der Waals surface area contributed by atoms with E-state index in [-0.39, 0.29) is 0 Å². The average molecular weight is 273 g/mol. The maximum Gasteiger partial charge on any atom is 0.0376 e. The highest BCUT2D eigenvalue weighted by molar-refractivity contribution is 5.54. The standard InChI is InChI=1S/C17H27N3/c1-13-10-20(12-17(13)19(2)3)11-14-8-9-18-16-7-5-4-6-15(14)16/h4-7,13-14,17-18H,8-12H2,1-3H3. The summed E-state index contributed by atoms with van der Waals surface area (Å²) in [5, 5.41) is 3.53. The summed E-state index contributed by atoms with van der Waals surface area (Å²) in [6, 6.07) is 9.54. The van der Waals surface area contributed by atoms with Crippen molar-refractivity contribution < 1.29 is 0 Å². The Morgan fingerprint density at radius 3 is 2.80 bits per heavy atom. The third-order valence-corrected chi connectivity index (χ3v) is 5.00. The van der Waals surface area contributed by atoms with Crippen molar-refractivity contribution in [1.82, 2.24) is 9.80 Å². The van der Waals surface area contributed by atoms with E-state index >= 15 is 0 Å². The summed E-state index contributed by atoms with van der Waals surface area (Å²) in [4.78, 5) is 5.06. The summed E-state index contributed by atoms with van der Waals surface area (Å²) in [5.41, 5.74) is 2.86. The van der Waals surface area contributed by atoms with Gasteiger partial charge in [0, 0.05) is 43.8 Å². The average Bonchev–Trinajstić information content (AvgIpc) is 2.80. The molecule has 1 aromatic carbocycles. The van der Waals surface area contributed by atoms with Gasteiger partial charge < -0.3 is 15.1 Å². The van der Waals surface area contributed by atoms with Crippen molar-refractivity contribution >= 4 is 5.69 Å². The van der Waals surface area contributed by atoms with Gasteiger partial charge in [0.1, 0.15) is 0 Å². The molecule has 2 heterocycles. The number of benzene rings is 1. The summed E-state index contributed by atoms with van der Waals surface area (Å²) >= 11 is 0. The van der Waals surface area contributed by atoms with Gasteiger partial charge in [-0.05, 0) is 38.1 Å². The second-order valence-electron chi connectivity index (χ2n) is 6.73. The van der Waals surface area contributed by atoms with Gasteiger partial charge in [-0.3, -0.25) is 0 Å². The summed E-state index contributed by atoms with van der Waals surface area (Å²) in [6.45, 7) is 7.19. The molecule has 0 radical (unpaired) electrons. The lowest BCUT2D eigenvalue weighted by atomic mass is 9.90. The van der Waals surface area contributed by atoms with E-state index in [4.69, 9.17) is 0 Å². The van der Waals surface area contributed by atoms with E-state index in [9.17, 15) is 0 Å². The molecule has 3 atom stereocenters. The van der Waals surface area contributed by atoms with Crippen LogP contribution in [0.4, 0.5) is 5.69 Å². The normalized spacial score (nSPS) is 30.3. The molecule has 3 heteroatoms. The van der Waals surface area contributed by atoms with Crippen LogP contribution in [0.5, 0.6) is 0 Å². The van der Waals surface area contributed by atoms with Crippen molar-refractivity contribution in [2.75, 3.05) is 45.6 Å². The molecule has 110 valence electrons. The fourth-order valence-corrected chi connectivity index (χ4v) is 3.92. The van der Waals surface area contributed by atoms with Crippen LogP contribution in [0.25, 0.3) is 0 Å². The van der Waals surface area contributed by atoms with Gasteiger partial charge in [-0.25, -0.2) is 0 Å². The van der Waals surface area contributed by atoms with Crippen LogP contribution >= 0.6 is 0 Å². The predicted octanol–water partition coefficient (Wildman–Crippen LogP) is 2.47. The number of hydrogen-bond donors (Lipinski definition) is 1. The Bertz CT molecular complexity index is 457. The fraction of sp³-hybridized carbons (Fsp3) is 0.647. The SMILES string of the molecule is CC1CN(CC2CCNc3ccccc32)CC1N(C)C. The molecule has 0 bridgehead atoms. The number of likely N-dealkylation sites (tertiary alicyclic amines) is 1. The Hall–Kier alpha value is -1.06. The molecule has 3 nitrogen and oxygen atoms in total. The maximum atomic E-state index is 3.53. The Morgan fingerprint density at radius 2 is 2.05 bits per heavy atom. The zero-order chi connectivity index (χ0) is 14.1. The van der Waals surface area contributed by atoms with Crippen LogP contribution in [-0.2, 0) is 0 Å². The van der Waals surface area contributed by atoms with Crippen LogP contribution in [0.15, 0.2) is 24.3 Å². The van der Waals surface area contributed by atoms with Gasteiger partial charge in [0.15, 0.2) is 0 Å². The van der Waals surface area contributed by atoms with Crippen LogP contribution in [-0.4, -0.2) is 56.1 Å². The Morgan fingerprint density at radius 1 is 1.25 bits per heavy atom. The van der Waals surface area contributed by atoms with E-state index in [0.717, 1.165) is 12.5 Å². The van der Waals surface area contributed by atoms with Crippen LogP contribution in [0.1, 0.15) is 24.8 Å². The highest BCUT2D eigenvalue weighted by Gasteiger charge is 2.32. The second kappa shape index (κ2) is 5.74. The molecular weight excluding hydrogens is 246 g/mol. The van der Waals surface area contributed by atoms with Crippen LogP contribution in [0, 0.1) is 5.92 Å². The first-order chi connectivity index (χ1) is 9.65. The summed E-state index contributed by atoms with van der Waals surface area (Å²) < 4.78 is 0. The molecule has 0 amide bonds. The lowest BCUT2D eigenvalue weighted by molar-refractivity contribution is 0.247. The molecule has 3 rings (SSSR count). The van der Waals surface area contributed by atoms with Gasteiger partial charge >= 0.3 is 0 Å². The molecule has 2 aliphatic rings. The van der Waals surface area contributed by atoms with Crippen molar-refractivity contribution in [3.63, 3.8) is 0 Å². The summed E-state index contributed by atoms with van der Waals surface area (Å²) in [5.74, 6) is 1.47. The maximum absolute atomic E-state index is 3.53. The lowest BCUT2D eigenvalue weighted by Crippen LogP contribution is -2.35. The van der Waals surface area contributed by atoms with Gasteiger partial charge in [-0.1, -0.05) is 25.1 Å². The molecule has 2 aliphatic heterocycles. The number of hydrogen-bond acceptors (Lipinski definition) is 3. The van der Waals surface area contributed by atoms with E-state index in [0.29, 0.717) is 12.0 Å². The number of fused-ring (bicyclic) bond motifs is 1. The van der Waals surface area contributed by atoms with E-state index in [1.165, 1.54) is 37.3 Å². The smallest absolute Gasteiger partial charge is 0.0376 e. The Kier molecular flexibility index (Phi) is 3.99. The number of rotatable bonds is 3. The third-order valence-electron chi connectivity index (χ3n) is 5.00. The minimum atomic E-state index is 0.695. The predicted molar refractivity (Wildman–Crippen MR) is 85.4 cm³/mol. The van der Waals surface area contributed by atoms with Crippen molar-refractivity contribution in [1.29, 1.82) is 0 Å². The highest BCUT2D eigenvalue weighted by atomic mass is 15.2. The molecule has 0 aliphatic carbocycles. The number of anilines is 1. The molecule has 1 fully saturated rings. The molecule has 1 aromatic rings. The van der Waals surface area contributed by atoms with E-state index in [2.05, 4.69) is 60.4 Å². The molecule has 1 N–H and O–H groups in total. The first kappa shape index (κ1) is 13.9. The highest BCUT2D eigenvalue weighted by Crippen LogP contribution is 2.33. The van der Waals surface area contributed by atoms with Crippen LogP contribution in [0.3, 0.4) is 0 Å². The molecule has 0 aromatic heterocycles. The van der Waals surface area contributed by atoms with Gasteiger partial charge in [-0.15, -0.1) is 0 Å². The number of nitrogens with one attached hydrogen (secondary N) is 1. The van der Waals surface area contributed by atoms with Gasteiger partial charge in [0.2, 0.25) is 0 Å². The number of likely N-dealkylation sites (N-methyl/N-ethyl adjacent to an activating group) is 1. The molecule has 0 saturated carbocycles. The van der Waals surface area contributed by atoms with Crippen molar-refractivity contribution in [2.24, 2.45) is 5.92 Å². The van der Waals surface area contributed by atoms with Crippen molar-refractivity contribution in [3.05, 3.63) is 29.8 Å². The largest absolute Gasteiger partial charge is 0.385 e. The number of nitrogens with zero attached hydrogens (tertiary/aromatic N) is 2. The summed E-state index contributed by atoms with van der Waals surface area (Å²) in [7, 11) is 4.43. The Labute approximate surface area is 123 Å². The van der Waals surface area contributed by atoms with Gasteiger partial charge in [-0.2, -0.15) is 0 Å². The molecule has 3 unspecified atom stereocenters. The van der Waals surface area contributed by atoms with Crippen molar-refractivity contribution in [3.8, 4) is 0 Å². The first-order valence-corrected chi connectivity index (χ1v) is 7.86. The topological polar surface area (TPSA) is 18.5 Å². The monoisotopic (exact) mass is 273 g/mol. The molecule has 1 saturated heterocycles. The third kappa shape index (κ3) is 2.70. The number of para-hydroxylation sites is 1. The second-order valence-corrected chi connectivity index (χ2v) is 6.73. The lowest BCUT2D eigenvalue weighted by Gasteiger charge is -2.30. The zero-order valence-electron chi connectivity index (χ0n) is 13.0.